The van der Waals surface area contributed by atoms with Gasteiger partial charge in [-0.25, -0.2) is 0 Å². The molecule has 74 valence electrons. The normalized spacial score (nSPS) is 30.3. The monoisotopic (exact) mass is 201 g/mol. The van der Waals surface area contributed by atoms with E-state index in [1.165, 1.54) is 19.3 Å². The van der Waals surface area contributed by atoms with Crippen molar-refractivity contribution in [2.24, 2.45) is 5.92 Å². The third-order valence-corrected chi connectivity index (χ3v) is 4.14. The Balaban J connectivity index is 1.84. The Hall–Kier alpha value is -0.380. The van der Waals surface area contributed by atoms with Gasteiger partial charge in [0.15, 0.2) is 0 Å². The van der Waals surface area contributed by atoms with Gasteiger partial charge in [-0.15, -0.1) is 0 Å². The van der Waals surface area contributed by atoms with Gasteiger partial charge in [0, 0.05) is 29.6 Å². The molecular formula is C9H15NO2S. The molecule has 1 unspecified atom stereocenters. The zero-order valence-corrected chi connectivity index (χ0v) is 8.52. The molecule has 1 atom stereocenters. The fourth-order valence-corrected chi connectivity index (χ4v) is 2.84. The predicted octanol–water partition coefficient (Wildman–Crippen LogP) is 0.377. The lowest BCUT2D eigenvalue weighted by atomic mass is 9.85. The maximum Gasteiger partial charge on any atom is 0.235 e. The summed E-state index contributed by atoms with van der Waals surface area (Å²) in [5.74, 6) is 1.76. The summed E-state index contributed by atoms with van der Waals surface area (Å²) in [4.78, 5) is 13.3. The van der Waals surface area contributed by atoms with Crippen LogP contribution >= 0.6 is 0 Å². The molecule has 2 fully saturated rings. The van der Waals surface area contributed by atoms with Crippen molar-refractivity contribution in [3.8, 4) is 0 Å². The van der Waals surface area contributed by atoms with E-state index in [1.807, 2.05) is 4.90 Å². The molecule has 0 spiro atoms. The molecule has 1 saturated heterocycles. The van der Waals surface area contributed by atoms with Crippen molar-refractivity contribution < 1.29 is 9.00 Å². The molecule has 0 radical (unpaired) electrons. The van der Waals surface area contributed by atoms with Crippen LogP contribution in [-0.4, -0.2) is 39.6 Å². The van der Waals surface area contributed by atoms with Crippen molar-refractivity contribution in [3.05, 3.63) is 0 Å². The quantitative estimate of drug-likeness (QED) is 0.647. The van der Waals surface area contributed by atoms with E-state index in [0.717, 1.165) is 12.5 Å². The Bertz CT molecular complexity index is 238. The minimum atomic E-state index is -0.881. The van der Waals surface area contributed by atoms with Crippen LogP contribution in [0.4, 0.5) is 0 Å². The molecule has 1 saturated carbocycles. The van der Waals surface area contributed by atoms with Crippen LogP contribution in [0.15, 0.2) is 0 Å². The van der Waals surface area contributed by atoms with Crippen LogP contribution in [0.3, 0.4) is 0 Å². The van der Waals surface area contributed by atoms with E-state index in [2.05, 4.69) is 0 Å². The lowest BCUT2D eigenvalue weighted by Crippen LogP contribution is -2.45. The molecule has 1 heterocycles. The molecule has 2 rings (SSSR count). The maximum absolute atomic E-state index is 11.4. The molecular weight excluding hydrogens is 186 g/mol. The van der Waals surface area contributed by atoms with Crippen LogP contribution in [0.25, 0.3) is 0 Å². The summed E-state index contributed by atoms with van der Waals surface area (Å²) < 4.78 is 11.1. The molecule has 1 amide bonds. The molecule has 3 nitrogen and oxygen atoms in total. The summed E-state index contributed by atoms with van der Waals surface area (Å²) in [6.07, 6.45) is 3.86. The van der Waals surface area contributed by atoms with Crippen molar-refractivity contribution in [2.45, 2.75) is 19.3 Å². The van der Waals surface area contributed by atoms with Gasteiger partial charge in [-0.2, -0.15) is 0 Å². The van der Waals surface area contributed by atoms with Crippen LogP contribution in [0.5, 0.6) is 0 Å². The smallest absolute Gasteiger partial charge is 0.235 e. The van der Waals surface area contributed by atoms with Gasteiger partial charge in [-0.1, -0.05) is 6.42 Å². The number of rotatable bonds is 2. The molecule has 13 heavy (non-hydrogen) atoms. The van der Waals surface area contributed by atoms with Crippen LogP contribution in [-0.2, 0) is 15.6 Å². The number of nitrogens with zero attached hydrogens (tertiary/aromatic N) is 1. The molecule has 0 N–H and O–H groups in total. The summed E-state index contributed by atoms with van der Waals surface area (Å²) in [6.45, 7) is 1.62. The Morgan fingerprint density at radius 2 is 2.23 bits per heavy atom. The highest BCUT2D eigenvalue weighted by atomic mass is 32.2. The van der Waals surface area contributed by atoms with Gasteiger partial charge in [0.1, 0.15) is 5.75 Å². The van der Waals surface area contributed by atoms with E-state index in [1.54, 1.807) is 0 Å². The predicted molar refractivity (Wildman–Crippen MR) is 51.8 cm³/mol. The van der Waals surface area contributed by atoms with Gasteiger partial charge in [0.25, 0.3) is 0 Å². The van der Waals surface area contributed by atoms with E-state index >= 15 is 0 Å². The van der Waals surface area contributed by atoms with Gasteiger partial charge >= 0.3 is 0 Å². The molecule has 1 aliphatic carbocycles. The fraction of sp³-hybridized carbons (Fsp3) is 0.889. The second-order valence-electron chi connectivity index (χ2n) is 3.92. The van der Waals surface area contributed by atoms with E-state index in [0.29, 0.717) is 12.3 Å². The standard InChI is InChI=1S/C9H15NO2S/c11-9-7-13(12)5-4-10(9)6-8-2-1-3-8/h8H,1-7H2. The first-order valence-electron chi connectivity index (χ1n) is 4.88. The van der Waals surface area contributed by atoms with E-state index in [9.17, 15) is 9.00 Å². The SMILES string of the molecule is O=C1CS(=O)CCN1CC1CCC1. The van der Waals surface area contributed by atoms with Gasteiger partial charge in [-0.3, -0.25) is 9.00 Å². The summed E-state index contributed by atoms with van der Waals surface area (Å²) in [7, 11) is -0.881. The van der Waals surface area contributed by atoms with Crippen molar-refractivity contribution in [1.29, 1.82) is 0 Å². The van der Waals surface area contributed by atoms with E-state index in [4.69, 9.17) is 0 Å². The summed E-state index contributed by atoms with van der Waals surface area (Å²) in [5, 5.41) is 0. The van der Waals surface area contributed by atoms with Crippen LogP contribution < -0.4 is 0 Å². The maximum atomic E-state index is 11.4. The Morgan fingerprint density at radius 1 is 1.46 bits per heavy atom. The summed E-state index contributed by atoms with van der Waals surface area (Å²) >= 11 is 0. The fourth-order valence-electron chi connectivity index (χ4n) is 1.82. The molecule has 1 aliphatic heterocycles. The first-order valence-corrected chi connectivity index (χ1v) is 6.37. The first-order chi connectivity index (χ1) is 6.25. The number of carbonyl (C=O) groups is 1. The van der Waals surface area contributed by atoms with Crippen LogP contribution in [0, 0.1) is 5.92 Å². The van der Waals surface area contributed by atoms with Crippen LogP contribution in [0.2, 0.25) is 0 Å². The lowest BCUT2D eigenvalue weighted by molar-refractivity contribution is -0.129. The average molecular weight is 201 g/mol. The highest BCUT2D eigenvalue weighted by Gasteiger charge is 2.27. The molecule has 0 aromatic rings. The number of amides is 1. The highest BCUT2D eigenvalue weighted by molar-refractivity contribution is 7.85. The second-order valence-corrected chi connectivity index (χ2v) is 5.50. The zero-order valence-electron chi connectivity index (χ0n) is 7.70. The minimum Gasteiger partial charge on any atom is -0.341 e. The van der Waals surface area contributed by atoms with E-state index in [-0.39, 0.29) is 11.7 Å². The molecule has 2 aliphatic rings. The van der Waals surface area contributed by atoms with Gasteiger partial charge < -0.3 is 4.90 Å². The third-order valence-electron chi connectivity index (χ3n) is 2.93. The van der Waals surface area contributed by atoms with Crippen LogP contribution in [0.1, 0.15) is 19.3 Å². The summed E-state index contributed by atoms with van der Waals surface area (Å²) in [6, 6.07) is 0. The third kappa shape index (κ3) is 2.10. The van der Waals surface area contributed by atoms with Gasteiger partial charge in [-0.05, 0) is 18.8 Å². The van der Waals surface area contributed by atoms with Crippen molar-refractivity contribution in [2.75, 3.05) is 24.6 Å². The lowest BCUT2D eigenvalue weighted by Gasteiger charge is -2.34. The number of hydrogen-bond donors (Lipinski definition) is 0. The first kappa shape index (κ1) is 9.19. The summed E-state index contributed by atoms with van der Waals surface area (Å²) in [5.41, 5.74) is 0. The van der Waals surface area contributed by atoms with Gasteiger partial charge in [0.2, 0.25) is 5.91 Å². The highest BCUT2D eigenvalue weighted by Crippen LogP contribution is 2.27. The Labute approximate surface area is 80.9 Å². The second kappa shape index (κ2) is 3.78. The van der Waals surface area contributed by atoms with E-state index < -0.39 is 10.8 Å². The Morgan fingerprint density at radius 3 is 2.77 bits per heavy atom. The average Bonchev–Trinajstić information content (AvgIpc) is 1.99. The molecule has 0 bridgehead atoms. The molecule has 0 aromatic heterocycles. The minimum absolute atomic E-state index is 0.0940. The van der Waals surface area contributed by atoms with Crippen molar-refractivity contribution in [3.63, 3.8) is 0 Å². The topological polar surface area (TPSA) is 37.4 Å². The van der Waals surface area contributed by atoms with Gasteiger partial charge in [0.05, 0.1) is 0 Å². The van der Waals surface area contributed by atoms with Crippen molar-refractivity contribution >= 4 is 16.7 Å². The largest absolute Gasteiger partial charge is 0.341 e. The zero-order chi connectivity index (χ0) is 9.26. The number of hydrogen-bond acceptors (Lipinski definition) is 2. The number of carbonyl (C=O) groups excluding carboxylic acids is 1. The Kier molecular flexibility index (Phi) is 2.67. The molecule has 4 heteroatoms. The molecule has 0 aromatic carbocycles. The van der Waals surface area contributed by atoms with Crippen molar-refractivity contribution in [1.82, 2.24) is 4.90 Å².